The van der Waals surface area contributed by atoms with Crippen molar-refractivity contribution < 1.29 is 9.59 Å². The van der Waals surface area contributed by atoms with E-state index in [1.165, 1.54) is 57.6 Å². The van der Waals surface area contributed by atoms with Gasteiger partial charge < -0.3 is 0 Å². The number of para-hydroxylation sites is 1. The molecule has 5 heteroatoms. The fraction of sp³-hybridized carbons (Fsp3) is 0.152. The standard InChI is InChI=1S/C33H19NO2S2/c35-30-22(31(36)27-17-9-8-16(12-17)26(27)30)13-18-14-24-32(37-18)28-21-6-3-4-15-10-11-20-19-5-1-2-7-23(19)34(33(28)38-24)29(20)25(15)21/h1-7,10-11,13-14,16-17H,8-9,12H2. The number of hydrogen-bond acceptors (Lipinski definition) is 4. The molecule has 2 bridgehead atoms. The van der Waals surface area contributed by atoms with Crippen LogP contribution < -0.4 is 0 Å². The fourth-order valence-electron chi connectivity index (χ4n) is 7.83. The highest BCUT2D eigenvalue weighted by atomic mass is 32.1. The van der Waals surface area contributed by atoms with Gasteiger partial charge >= 0.3 is 0 Å². The normalized spacial score (nSPS) is 21.3. The van der Waals surface area contributed by atoms with Crippen LogP contribution in [-0.2, 0) is 9.59 Å². The van der Waals surface area contributed by atoms with Crippen LogP contribution in [0.25, 0.3) is 63.7 Å². The Morgan fingerprint density at radius 3 is 2.42 bits per heavy atom. The van der Waals surface area contributed by atoms with E-state index >= 15 is 0 Å². The summed E-state index contributed by atoms with van der Waals surface area (Å²) < 4.78 is 4.91. The summed E-state index contributed by atoms with van der Waals surface area (Å²) in [4.78, 5) is 28.9. The fourth-order valence-corrected chi connectivity index (χ4v) is 10.5. The van der Waals surface area contributed by atoms with Crippen molar-refractivity contribution in [3.63, 3.8) is 0 Å². The maximum absolute atomic E-state index is 13.3. The number of carbonyl (C=O) groups excluding carboxylic acids is 2. The summed E-state index contributed by atoms with van der Waals surface area (Å²) in [6.45, 7) is 0. The third-order valence-corrected chi connectivity index (χ3v) is 11.7. The molecule has 180 valence electrons. The van der Waals surface area contributed by atoms with Crippen LogP contribution in [0.2, 0.25) is 0 Å². The predicted molar refractivity (Wildman–Crippen MR) is 158 cm³/mol. The van der Waals surface area contributed by atoms with Crippen LogP contribution in [0.3, 0.4) is 0 Å². The van der Waals surface area contributed by atoms with Gasteiger partial charge in [0.2, 0.25) is 0 Å². The third-order valence-electron chi connectivity index (χ3n) is 9.32. The molecule has 4 heterocycles. The number of pyridine rings is 1. The van der Waals surface area contributed by atoms with Crippen molar-refractivity contribution in [2.45, 2.75) is 19.3 Å². The van der Waals surface area contributed by atoms with Crippen molar-refractivity contribution in [1.82, 2.24) is 4.40 Å². The Morgan fingerprint density at radius 2 is 1.58 bits per heavy atom. The van der Waals surface area contributed by atoms with Crippen molar-refractivity contribution in [3.05, 3.63) is 82.3 Å². The summed E-state index contributed by atoms with van der Waals surface area (Å²) in [7, 11) is 0. The molecule has 3 aliphatic carbocycles. The molecule has 1 fully saturated rings. The highest BCUT2D eigenvalue weighted by Gasteiger charge is 2.50. The van der Waals surface area contributed by atoms with Gasteiger partial charge in [-0.1, -0.05) is 48.5 Å². The number of fused-ring (bicyclic) bond motifs is 12. The molecule has 0 saturated heterocycles. The van der Waals surface area contributed by atoms with E-state index in [9.17, 15) is 9.59 Å². The van der Waals surface area contributed by atoms with Gasteiger partial charge in [-0.3, -0.25) is 14.0 Å². The first kappa shape index (κ1) is 20.2. The van der Waals surface area contributed by atoms with Crippen molar-refractivity contribution in [2.75, 3.05) is 0 Å². The van der Waals surface area contributed by atoms with Crippen molar-refractivity contribution in [2.24, 2.45) is 11.8 Å². The molecule has 2 unspecified atom stereocenters. The lowest BCUT2D eigenvalue weighted by Gasteiger charge is -2.10. The molecular weight excluding hydrogens is 507 g/mol. The minimum Gasteiger partial charge on any atom is -0.299 e. The van der Waals surface area contributed by atoms with E-state index in [4.69, 9.17) is 0 Å². The van der Waals surface area contributed by atoms with Gasteiger partial charge in [0, 0.05) is 42.3 Å². The number of thiophene rings is 2. The molecule has 0 spiro atoms. The third kappa shape index (κ3) is 2.21. The Balaban J connectivity index is 1.26. The van der Waals surface area contributed by atoms with Crippen LogP contribution in [0.5, 0.6) is 0 Å². The first-order chi connectivity index (χ1) is 18.7. The molecule has 0 radical (unpaired) electrons. The average Bonchev–Trinajstić information content (AvgIpc) is 3.76. The molecule has 0 aliphatic heterocycles. The van der Waals surface area contributed by atoms with Crippen LogP contribution >= 0.6 is 22.7 Å². The van der Waals surface area contributed by atoms with Gasteiger partial charge in [-0.05, 0) is 60.1 Å². The summed E-state index contributed by atoms with van der Waals surface area (Å²) in [5, 5.41) is 7.67. The molecule has 2 atom stereocenters. The summed E-state index contributed by atoms with van der Waals surface area (Å²) in [5.74, 6) is 0.613. The van der Waals surface area contributed by atoms with E-state index in [1.807, 2.05) is 17.4 Å². The van der Waals surface area contributed by atoms with Gasteiger partial charge in [0.05, 0.1) is 21.3 Å². The lowest BCUT2D eigenvalue weighted by molar-refractivity contribution is -0.116. The lowest BCUT2D eigenvalue weighted by Crippen LogP contribution is -2.10. The number of allylic oxidation sites excluding steroid dienone is 3. The second-order valence-corrected chi connectivity index (χ2v) is 13.2. The smallest absolute Gasteiger partial charge is 0.193 e. The first-order valence-corrected chi connectivity index (χ1v) is 14.9. The Kier molecular flexibility index (Phi) is 3.51. The zero-order valence-electron chi connectivity index (χ0n) is 20.2. The van der Waals surface area contributed by atoms with Gasteiger partial charge in [-0.25, -0.2) is 0 Å². The molecule has 0 N–H and O–H groups in total. The molecule has 3 aliphatic rings. The zero-order valence-corrected chi connectivity index (χ0v) is 21.8. The number of benzene rings is 3. The van der Waals surface area contributed by atoms with Crippen molar-refractivity contribution >= 4 is 97.9 Å². The highest BCUT2D eigenvalue weighted by molar-refractivity contribution is 7.33. The molecular formula is C33H19NO2S2. The maximum Gasteiger partial charge on any atom is 0.193 e. The topological polar surface area (TPSA) is 38.5 Å². The number of ketones is 2. The Hall–Kier alpha value is -3.80. The van der Waals surface area contributed by atoms with E-state index in [-0.39, 0.29) is 11.6 Å². The molecule has 10 rings (SSSR count). The number of hydrogen-bond donors (Lipinski definition) is 0. The van der Waals surface area contributed by atoms with Crippen molar-refractivity contribution in [1.29, 1.82) is 0 Å². The summed E-state index contributed by atoms with van der Waals surface area (Å²) in [5.41, 5.74) is 4.61. The van der Waals surface area contributed by atoms with Gasteiger partial charge in [-0.2, -0.15) is 0 Å². The largest absolute Gasteiger partial charge is 0.299 e. The van der Waals surface area contributed by atoms with E-state index in [2.05, 4.69) is 65.1 Å². The first-order valence-electron chi connectivity index (χ1n) is 13.2. The van der Waals surface area contributed by atoms with E-state index in [1.54, 1.807) is 11.3 Å². The van der Waals surface area contributed by atoms with E-state index in [0.717, 1.165) is 35.3 Å². The van der Waals surface area contributed by atoms with E-state index < -0.39 is 0 Å². The van der Waals surface area contributed by atoms with Crippen LogP contribution in [0.1, 0.15) is 24.1 Å². The zero-order chi connectivity index (χ0) is 24.9. The lowest BCUT2D eigenvalue weighted by atomic mass is 9.93. The van der Waals surface area contributed by atoms with Gasteiger partial charge in [-0.15, -0.1) is 22.7 Å². The molecule has 3 aromatic carbocycles. The second-order valence-electron chi connectivity index (χ2n) is 11.1. The molecule has 38 heavy (non-hydrogen) atoms. The highest BCUT2D eigenvalue weighted by Crippen LogP contribution is 2.54. The monoisotopic (exact) mass is 525 g/mol. The molecule has 3 nitrogen and oxygen atoms in total. The second kappa shape index (κ2) is 6.60. The Morgan fingerprint density at radius 1 is 0.789 bits per heavy atom. The SMILES string of the molecule is O=C1C(=Cc2cc3sc4c(c5cccc6ccc7c8ccccc8n4c7c65)c3s2)C(=O)C2=C1C1CCC2C1. The maximum atomic E-state index is 13.3. The Labute approximate surface area is 224 Å². The Bertz CT molecular complexity index is 2290. The average molecular weight is 526 g/mol. The molecule has 1 saturated carbocycles. The molecule has 4 aromatic heterocycles. The number of nitrogens with zero attached hydrogens (tertiary/aromatic N) is 1. The summed E-state index contributed by atoms with van der Waals surface area (Å²) >= 11 is 3.52. The molecule has 7 aromatic rings. The van der Waals surface area contributed by atoms with E-state index in [0.29, 0.717) is 17.4 Å². The van der Waals surface area contributed by atoms with Crippen LogP contribution in [-0.4, -0.2) is 16.0 Å². The van der Waals surface area contributed by atoms with Gasteiger partial charge in [0.15, 0.2) is 11.6 Å². The van der Waals surface area contributed by atoms with Crippen LogP contribution in [0.4, 0.5) is 0 Å². The van der Waals surface area contributed by atoms with Crippen LogP contribution in [0.15, 0.2) is 77.4 Å². The number of rotatable bonds is 1. The quantitative estimate of drug-likeness (QED) is 0.159. The predicted octanol–water partition coefficient (Wildman–Crippen LogP) is 8.53. The van der Waals surface area contributed by atoms with Crippen LogP contribution in [0, 0.1) is 11.8 Å². The summed E-state index contributed by atoms with van der Waals surface area (Å²) in [6, 6.07) is 22.0. The number of Topliss-reactive ketones (excluding diaryl/α,β-unsaturated/α-hetero) is 2. The number of carbonyl (C=O) groups is 2. The molecule has 0 amide bonds. The summed E-state index contributed by atoms with van der Waals surface area (Å²) in [6.07, 6.45) is 5.01. The minimum atomic E-state index is -0.00381. The number of aromatic nitrogens is 1. The minimum absolute atomic E-state index is 0.00381. The van der Waals surface area contributed by atoms with Gasteiger partial charge in [0.1, 0.15) is 4.83 Å². The van der Waals surface area contributed by atoms with Gasteiger partial charge in [0.25, 0.3) is 0 Å². The van der Waals surface area contributed by atoms with Crippen molar-refractivity contribution in [3.8, 4) is 0 Å².